The molecule has 0 N–H and O–H groups in total. The van der Waals surface area contributed by atoms with Gasteiger partial charge in [-0.25, -0.2) is 4.79 Å². The van der Waals surface area contributed by atoms with Crippen molar-refractivity contribution < 1.29 is 27.5 Å². The van der Waals surface area contributed by atoms with Gasteiger partial charge in [-0.3, -0.25) is 4.79 Å². The second-order valence-corrected chi connectivity index (χ2v) is 3.13. The van der Waals surface area contributed by atoms with Gasteiger partial charge in [-0.05, 0) is 19.1 Å². The van der Waals surface area contributed by atoms with Gasteiger partial charge in [0.05, 0.1) is 12.2 Å². The number of halogens is 3. The quantitative estimate of drug-likeness (QED) is 0.608. The molecule has 0 unspecified atom stereocenters. The van der Waals surface area contributed by atoms with Crippen molar-refractivity contribution in [1.29, 1.82) is 0 Å². The monoisotopic (exact) mass is 246 g/mol. The van der Waals surface area contributed by atoms with Crippen LogP contribution in [-0.4, -0.2) is 24.5 Å². The summed E-state index contributed by atoms with van der Waals surface area (Å²) in [7, 11) is 0. The zero-order valence-electron chi connectivity index (χ0n) is 8.88. The minimum absolute atomic E-state index is 0.0815. The smallest absolute Gasteiger partial charge is 0.454 e. The third-order valence-corrected chi connectivity index (χ3v) is 1.89. The van der Waals surface area contributed by atoms with E-state index in [4.69, 9.17) is 0 Å². The Bertz CT molecular complexity index is 438. The maximum absolute atomic E-state index is 12.2. The number of carbonyl (C=O) groups is 2. The fourth-order valence-electron chi connectivity index (χ4n) is 1.17. The predicted octanol–water partition coefficient (Wildman–Crippen LogP) is 2.61. The number of esters is 1. The van der Waals surface area contributed by atoms with Gasteiger partial charge in [0.25, 0.3) is 5.78 Å². The van der Waals surface area contributed by atoms with E-state index in [9.17, 15) is 22.8 Å². The van der Waals surface area contributed by atoms with E-state index >= 15 is 0 Å². The van der Waals surface area contributed by atoms with Crippen molar-refractivity contribution in [2.75, 3.05) is 6.61 Å². The van der Waals surface area contributed by atoms with Crippen LogP contribution in [0.4, 0.5) is 13.2 Å². The van der Waals surface area contributed by atoms with Crippen LogP contribution in [0.5, 0.6) is 0 Å². The van der Waals surface area contributed by atoms with Crippen LogP contribution < -0.4 is 0 Å². The van der Waals surface area contributed by atoms with Gasteiger partial charge in [-0.15, -0.1) is 0 Å². The van der Waals surface area contributed by atoms with Crippen LogP contribution in [0, 0.1) is 0 Å². The average molecular weight is 246 g/mol. The van der Waals surface area contributed by atoms with Crippen molar-refractivity contribution in [2.24, 2.45) is 0 Å². The normalized spacial score (nSPS) is 11.1. The number of rotatable bonds is 3. The molecule has 0 atom stereocenters. The molecular weight excluding hydrogens is 237 g/mol. The maximum atomic E-state index is 12.2. The van der Waals surface area contributed by atoms with Gasteiger partial charge < -0.3 is 4.74 Å². The van der Waals surface area contributed by atoms with Crippen molar-refractivity contribution in [3.05, 3.63) is 35.4 Å². The van der Waals surface area contributed by atoms with Gasteiger partial charge >= 0.3 is 12.1 Å². The molecule has 0 aliphatic carbocycles. The largest absolute Gasteiger partial charge is 0.462 e. The lowest BCUT2D eigenvalue weighted by Crippen LogP contribution is -2.23. The fraction of sp³-hybridized carbons (Fsp3) is 0.273. The van der Waals surface area contributed by atoms with Gasteiger partial charge in [0, 0.05) is 5.56 Å². The molecule has 0 aromatic heterocycles. The highest BCUT2D eigenvalue weighted by molar-refractivity contribution is 6.02. The molecular formula is C11H9F3O3. The third kappa shape index (κ3) is 3.30. The Kier molecular flexibility index (Phi) is 3.88. The van der Waals surface area contributed by atoms with Gasteiger partial charge in [-0.2, -0.15) is 13.2 Å². The van der Waals surface area contributed by atoms with Crippen LogP contribution in [0.25, 0.3) is 0 Å². The number of benzene rings is 1. The Balaban J connectivity index is 3.02. The molecule has 6 heteroatoms. The number of hydrogen-bond acceptors (Lipinski definition) is 3. The molecule has 0 amide bonds. The van der Waals surface area contributed by atoms with Gasteiger partial charge in [0.2, 0.25) is 0 Å². The first-order valence-electron chi connectivity index (χ1n) is 4.75. The van der Waals surface area contributed by atoms with Crippen LogP contribution >= 0.6 is 0 Å². The molecule has 0 bridgehead atoms. The zero-order valence-corrected chi connectivity index (χ0v) is 8.88. The summed E-state index contributed by atoms with van der Waals surface area (Å²) < 4.78 is 41.1. The summed E-state index contributed by atoms with van der Waals surface area (Å²) in [4.78, 5) is 22.2. The lowest BCUT2D eigenvalue weighted by molar-refractivity contribution is -0.0885. The van der Waals surface area contributed by atoms with E-state index in [-0.39, 0.29) is 12.2 Å². The second-order valence-electron chi connectivity index (χ2n) is 3.13. The van der Waals surface area contributed by atoms with E-state index in [0.717, 1.165) is 12.1 Å². The summed E-state index contributed by atoms with van der Waals surface area (Å²) in [5.74, 6) is -2.74. The predicted molar refractivity (Wildman–Crippen MR) is 52.8 cm³/mol. The second kappa shape index (κ2) is 4.99. The van der Waals surface area contributed by atoms with Crippen LogP contribution in [0.2, 0.25) is 0 Å². The molecule has 0 saturated heterocycles. The topological polar surface area (TPSA) is 43.4 Å². The summed E-state index contributed by atoms with van der Waals surface area (Å²) in [6.07, 6.45) is -4.95. The maximum Gasteiger partial charge on any atom is 0.454 e. The summed E-state index contributed by atoms with van der Waals surface area (Å²) in [6, 6.07) is 4.35. The van der Waals surface area contributed by atoms with Gasteiger partial charge in [0.15, 0.2) is 0 Å². The lowest BCUT2D eigenvalue weighted by Gasteiger charge is -2.06. The molecule has 0 radical (unpaired) electrons. The molecule has 17 heavy (non-hydrogen) atoms. The average Bonchev–Trinajstić information content (AvgIpc) is 2.27. The minimum atomic E-state index is -4.95. The van der Waals surface area contributed by atoms with Crippen molar-refractivity contribution in [2.45, 2.75) is 13.1 Å². The van der Waals surface area contributed by atoms with E-state index in [0.29, 0.717) is 0 Å². The summed E-state index contributed by atoms with van der Waals surface area (Å²) in [5.41, 5.74) is -0.662. The Morgan fingerprint density at radius 3 is 2.35 bits per heavy atom. The van der Waals surface area contributed by atoms with E-state index in [1.54, 1.807) is 6.92 Å². The number of Topliss-reactive ketones (excluding diaryl/α,β-unsaturated/α-hetero) is 1. The first-order chi connectivity index (χ1) is 7.86. The van der Waals surface area contributed by atoms with E-state index in [2.05, 4.69) is 4.74 Å². The van der Waals surface area contributed by atoms with Crippen molar-refractivity contribution in [3.63, 3.8) is 0 Å². The van der Waals surface area contributed by atoms with Crippen LogP contribution in [0.1, 0.15) is 27.6 Å². The molecule has 0 aliphatic heterocycles. The fourth-order valence-corrected chi connectivity index (χ4v) is 1.17. The Hall–Kier alpha value is -1.85. The van der Waals surface area contributed by atoms with Crippen molar-refractivity contribution >= 4 is 11.8 Å². The molecule has 92 valence electrons. The molecule has 0 saturated carbocycles. The van der Waals surface area contributed by atoms with Crippen LogP contribution in [-0.2, 0) is 4.74 Å². The Morgan fingerprint density at radius 2 is 1.82 bits per heavy atom. The van der Waals surface area contributed by atoms with Crippen molar-refractivity contribution in [1.82, 2.24) is 0 Å². The van der Waals surface area contributed by atoms with Gasteiger partial charge in [0.1, 0.15) is 0 Å². The number of ketones is 1. The van der Waals surface area contributed by atoms with E-state index < -0.39 is 23.5 Å². The number of alkyl halides is 3. The molecule has 0 spiro atoms. The van der Waals surface area contributed by atoms with Gasteiger partial charge in [-0.1, -0.05) is 12.1 Å². The standard InChI is InChI=1S/C11H9F3O3/c1-2-17-10(16)8-5-3-4-7(6-8)9(15)11(12,13)14/h3-6H,2H2,1H3. The van der Waals surface area contributed by atoms with Crippen LogP contribution in [0.3, 0.4) is 0 Å². The first kappa shape index (κ1) is 13.2. The Morgan fingerprint density at radius 1 is 1.24 bits per heavy atom. The number of carbonyl (C=O) groups excluding carboxylic acids is 2. The zero-order chi connectivity index (χ0) is 13.1. The van der Waals surface area contributed by atoms with E-state index in [1.807, 2.05) is 0 Å². The SMILES string of the molecule is CCOC(=O)c1cccc(C(=O)C(F)(F)F)c1. The Labute approximate surface area is 95.2 Å². The first-order valence-corrected chi connectivity index (χ1v) is 4.75. The number of hydrogen-bond donors (Lipinski definition) is 0. The minimum Gasteiger partial charge on any atom is -0.462 e. The summed E-state index contributed by atoms with van der Waals surface area (Å²) >= 11 is 0. The highest BCUT2D eigenvalue weighted by Gasteiger charge is 2.39. The third-order valence-electron chi connectivity index (χ3n) is 1.89. The van der Waals surface area contributed by atoms with Crippen LogP contribution in [0.15, 0.2) is 24.3 Å². The highest BCUT2D eigenvalue weighted by atomic mass is 19.4. The molecule has 0 fully saturated rings. The molecule has 0 heterocycles. The highest BCUT2D eigenvalue weighted by Crippen LogP contribution is 2.22. The van der Waals surface area contributed by atoms with E-state index in [1.165, 1.54) is 12.1 Å². The molecule has 1 aromatic carbocycles. The summed E-state index contributed by atoms with van der Waals surface area (Å²) in [5, 5.41) is 0. The molecule has 0 aliphatic rings. The molecule has 1 rings (SSSR count). The van der Waals surface area contributed by atoms with Crippen molar-refractivity contribution in [3.8, 4) is 0 Å². The number of ether oxygens (including phenoxy) is 1. The molecule has 1 aromatic rings. The lowest BCUT2D eigenvalue weighted by atomic mass is 10.1. The molecule has 3 nitrogen and oxygen atoms in total. The summed E-state index contributed by atoms with van der Waals surface area (Å²) in [6.45, 7) is 1.68.